The Bertz CT molecular complexity index is 211. The van der Waals surface area contributed by atoms with Gasteiger partial charge in [-0.3, -0.25) is 0 Å². The van der Waals surface area contributed by atoms with Crippen LogP contribution in [0.25, 0.3) is 0 Å². The molecule has 20 heavy (non-hydrogen) atoms. The van der Waals surface area contributed by atoms with Crippen LogP contribution in [0.2, 0.25) is 0 Å². The molecule has 0 aromatic rings. The summed E-state index contributed by atoms with van der Waals surface area (Å²) < 4.78 is 0. The zero-order chi connectivity index (χ0) is 15.4. The maximum atomic E-state index is 3.68. The van der Waals surface area contributed by atoms with Gasteiger partial charge in [-0.05, 0) is 40.9 Å². The summed E-state index contributed by atoms with van der Waals surface area (Å²) in [5, 5.41) is 3.68. The fourth-order valence-electron chi connectivity index (χ4n) is 2.75. The van der Waals surface area contributed by atoms with Gasteiger partial charge in [0.05, 0.1) is 0 Å². The Hall–Kier alpha value is -0.0800. The predicted molar refractivity (Wildman–Crippen MR) is 92.5 cm³/mol. The SMILES string of the molecule is CCCCCCCCCCC(NCC)C(C)(C)N(C)C. The van der Waals surface area contributed by atoms with Gasteiger partial charge in [-0.2, -0.15) is 0 Å². The number of hydrogen-bond donors (Lipinski definition) is 1. The van der Waals surface area contributed by atoms with Crippen LogP contribution < -0.4 is 5.32 Å². The van der Waals surface area contributed by atoms with Gasteiger partial charge < -0.3 is 10.2 Å². The van der Waals surface area contributed by atoms with Crippen LogP contribution in [0.1, 0.15) is 85.5 Å². The Morgan fingerprint density at radius 1 is 0.850 bits per heavy atom. The van der Waals surface area contributed by atoms with Gasteiger partial charge in [0.15, 0.2) is 0 Å². The summed E-state index contributed by atoms with van der Waals surface area (Å²) in [4.78, 5) is 2.35. The van der Waals surface area contributed by atoms with Crippen LogP contribution in [0, 0.1) is 0 Å². The minimum atomic E-state index is 0.233. The van der Waals surface area contributed by atoms with Crippen LogP contribution in [-0.4, -0.2) is 37.1 Å². The summed E-state index contributed by atoms with van der Waals surface area (Å²) in [5.41, 5.74) is 0.233. The molecule has 1 atom stereocenters. The highest BCUT2D eigenvalue weighted by atomic mass is 15.2. The van der Waals surface area contributed by atoms with E-state index in [0.717, 1.165) is 6.54 Å². The normalized spacial score (nSPS) is 13.9. The van der Waals surface area contributed by atoms with Crippen LogP contribution in [0.3, 0.4) is 0 Å². The van der Waals surface area contributed by atoms with E-state index in [0.29, 0.717) is 6.04 Å². The molecule has 1 N–H and O–H groups in total. The van der Waals surface area contributed by atoms with Gasteiger partial charge in [-0.25, -0.2) is 0 Å². The number of nitrogens with one attached hydrogen (secondary N) is 1. The highest BCUT2D eigenvalue weighted by molar-refractivity contribution is 4.90. The molecule has 0 spiro atoms. The Morgan fingerprint density at radius 2 is 1.35 bits per heavy atom. The van der Waals surface area contributed by atoms with Crippen molar-refractivity contribution in [1.29, 1.82) is 0 Å². The molecule has 0 aromatic heterocycles. The molecule has 2 nitrogen and oxygen atoms in total. The lowest BCUT2D eigenvalue weighted by Crippen LogP contribution is -2.55. The second-order valence-electron chi connectivity index (χ2n) is 6.92. The van der Waals surface area contributed by atoms with E-state index >= 15 is 0 Å². The molecule has 0 bridgehead atoms. The molecule has 0 aromatic carbocycles. The van der Waals surface area contributed by atoms with Crippen molar-refractivity contribution in [2.75, 3.05) is 20.6 Å². The first-order valence-electron chi connectivity index (χ1n) is 8.87. The van der Waals surface area contributed by atoms with Crippen LogP contribution in [0.15, 0.2) is 0 Å². The van der Waals surface area contributed by atoms with Crippen LogP contribution in [0.5, 0.6) is 0 Å². The monoisotopic (exact) mass is 284 g/mol. The largest absolute Gasteiger partial charge is 0.312 e. The van der Waals surface area contributed by atoms with E-state index < -0.39 is 0 Å². The molecular formula is C18H40N2. The van der Waals surface area contributed by atoms with Gasteiger partial charge in [0.1, 0.15) is 0 Å². The van der Waals surface area contributed by atoms with Crippen molar-refractivity contribution in [3.8, 4) is 0 Å². The van der Waals surface area contributed by atoms with Gasteiger partial charge in [0.25, 0.3) is 0 Å². The molecule has 1 unspecified atom stereocenters. The summed E-state index contributed by atoms with van der Waals surface area (Å²) in [5.74, 6) is 0. The molecule has 0 saturated carbocycles. The Kier molecular flexibility index (Phi) is 11.5. The number of unbranched alkanes of at least 4 members (excludes halogenated alkanes) is 7. The third kappa shape index (κ3) is 8.26. The van der Waals surface area contributed by atoms with Crippen molar-refractivity contribution in [3.05, 3.63) is 0 Å². The summed E-state index contributed by atoms with van der Waals surface area (Å²) in [6, 6.07) is 0.600. The molecule has 122 valence electrons. The number of nitrogens with zero attached hydrogens (tertiary/aromatic N) is 1. The lowest BCUT2D eigenvalue weighted by molar-refractivity contribution is 0.131. The van der Waals surface area contributed by atoms with Crippen molar-refractivity contribution < 1.29 is 0 Å². The predicted octanol–water partition coefficient (Wildman–Crippen LogP) is 4.84. The standard InChI is InChI=1S/C18H40N2/c1-7-9-10-11-12-13-14-15-16-17(19-8-2)18(3,4)20(5)6/h17,19H,7-16H2,1-6H3. The van der Waals surface area contributed by atoms with E-state index in [2.05, 4.69) is 52.0 Å². The highest BCUT2D eigenvalue weighted by Crippen LogP contribution is 2.21. The maximum absolute atomic E-state index is 3.68. The van der Waals surface area contributed by atoms with Crippen molar-refractivity contribution >= 4 is 0 Å². The second-order valence-corrected chi connectivity index (χ2v) is 6.92. The quantitative estimate of drug-likeness (QED) is 0.487. The molecule has 0 aliphatic rings. The summed E-state index contributed by atoms with van der Waals surface area (Å²) >= 11 is 0. The average Bonchev–Trinajstić information content (AvgIpc) is 2.40. The summed E-state index contributed by atoms with van der Waals surface area (Å²) in [7, 11) is 4.39. The first-order valence-corrected chi connectivity index (χ1v) is 8.87. The lowest BCUT2D eigenvalue weighted by Gasteiger charge is -2.40. The van der Waals surface area contributed by atoms with Crippen LogP contribution in [0.4, 0.5) is 0 Å². The molecule has 0 radical (unpaired) electrons. The van der Waals surface area contributed by atoms with Crippen LogP contribution in [-0.2, 0) is 0 Å². The maximum Gasteiger partial charge on any atom is 0.0300 e. The van der Waals surface area contributed by atoms with E-state index in [9.17, 15) is 0 Å². The fraction of sp³-hybridized carbons (Fsp3) is 1.00. The van der Waals surface area contributed by atoms with Gasteiger partial charge in [-0.1, -0.05) is 65.2 Å². The van der Waals surface area contributed by atoms with E-state index in [1.807, 2.05) is 0 Å². The Labute approximate surface area is 128 Å². The Balaban J connectivity index is 3.82. The molecule has 0 aliphatic carbocycles. The van der Waals surface area contributed by atoms with Crippen molar-refractivity contribution in [1.82, 2.24) is 10.2 Å². The highest BCUT2D eigenvalue weighted by Gasteiger charge is 2.30. The van der Waals surface area contributed by atoms with Crippen molar-refractivity contribution in [3.63, 3.8) is 0 Å². The zero-order valence-electron chi connectivity index (χ0n) is 15.1. The molecule has 0 rings (SSSR count). The smallest absolute Gasteiger partial charge is 0.0300 e. The molecule has 0 saturated heterocycles. The summed E-state index contributed by atoms with van der Waals surface area (Å²) in [6.45, 7) is 10.3. The van der Waals surface area contributed by atoms with Crippen molar-refractivity contribution in [2.24, 2.45) is 0 Å². The van der Waals surface area contributed by atoms with Crippen molar-refractivity contribution in [2.45, 2.75) is 97.1 Å². The third-order valence-electron chi connectivity index (χ3n) is 4.80. The minimum absolute atomic E-state index is 0.233. The molecule has 0 aliphatic heterocycles. The fourth-order valence-corrected chi connectivity index (χ4v) is 2.75. The van der Waals surface area contributed by atoms with E-state index in [1.54, 1.807) is 0 Å². The molecule has 0 heterocycles. The molecule has 0 fully saturated rings. The first-order chi connectivity index (χ1) is 9.46. The third-order valence-corrected chi connectivity index (χ3v) is 4.80. The summed E-state index contributed by atoms with van der Waals surface area (Å²) in [6.07, 6.45) is 12.6. The topological polar surface area (TPSA) is 15.3 Å². The minimum Gasteiger partial charge on any atom is -0.312 e. The second kappa shape index (κ2) is 11.6. The molecular weight excluding hydrogens is 244 g/mol. The zero-order valence-corrected chi connectivity index (χ0v) is 15.1. The average molecular weight is 285 g/mol. The number of likely N-dealkylation sites (N-methyl/N-ethyl adjacent to an activating group) is 2. The van der Waals surface area contributed by atoms with Gasteiger partial charge in [-0.15, -0.1) is 0 Å². The van der Waals surface area contributed by atoms with Gasteiger partial charge in [0.2, 0.25) is 0 Å². The molecule has 2 heteroatoms. The molecule has 0 amide bonds. The number of rotatable bonds is 13. The number of hydrogen-bond acceptors (Lipinski definition) is 2. The first kappa shape index (κ1) is 19.9. The van der Waals surface area contributed by atoms with E-state index in [1.165, 1.54) is 57.8 Å². The van der Waals surface area contributed by atoms with Crippen LogP contribution >= 0.6 is 0 Å². The van der Waals surface area contributed by atoms with Gasteiger partial charge in [0, 0.05) is 11.6 Å². The van der Waals surface area contributed by atoms with Gasteiger partial charge >= 0.3 is 0 Å². The Morgan fingerprint density at radius 3 is 1.80 bits per heavy atom. The lowest BCUT2D eigenvalue weighted by atomic mass is 9.88. The van der Waals surface area contributed by atoms with E-state index in [4.69, 9.17) is 0 Å². The van der Waals surface area contributed by atoms with E-state index in [-0.39, 0.29) is 5.54 Å².